The van der Waals surface area contributed by atoms with E-state index in [0.29, 0.717) is 27.6 Å². The van der Waals surface area contributed by atoms with Crippen LogP contribution >= 0.6 is 0 Å². The highest BCUT2D eigenvalue weighted by Crippen LogP contribution is 2.25. The maximum absolute atomic E-state index is 12.7. The van der Waals surface area contributed by atoms with Gasteiger partial charge in [-0.1, -0.05) is 24.3 Å². The lowest BCUT2D eigenvalue weighted by molar-refractivity contribution is -0.385. The molecule has 1 N–H and O–H groups in total. The normalized spacial score (nSPS) is 10.9. The molecule has 28 heavy (non-hydrogen) atoms. The van der Waals surface area contributed by atoms with Crippen LogP contribution in [0, 0.1) is 17.0 Å². The van der Waals surface area contributed by atoms with Crippen LogP contribution in [0.3, 0.4) is 0 Å². The molecule has 7 heteroatoms. The molecule has 4 rings (SSSR count). The smallest absolute Gasteiger partial charge is 0.282 e. The van der Waals surface area contributed by atoms with Crippen LogP contribution in [0.1, 0.15) is 15.9 Å². The average molecular weight is 374 g/mol. The summed E-state index contributed by atoms with van der Waals surface area (Å²) in [4.78, 5) is 35.7. The highest BCUT2D eigenvalue weighted by molar-refractivity contribution is 6.07. The largest absolute Gasteiger partial charge is 0.455 e. The summed E-state index contributed by atoms with van der Waals surface area (Å²) in [5, 5.41) is 14.6. The van der Waals surface area contributed by atoms with Crippen LogP contribution in [0.5, 0.6) is 0 Å². The number of hydrogen-bond acceptors (Lipinski definition) is 5. The number of nitro benzene ring substituents is 1. The molecule has 0 saturated heterocycles. The van der Waals surface area contributed by atoms with Gasteiger partial charge in [-0.15, -0.1) is 0 Å². The molecule has 0 aliphatic carbocycles. The lowest BCUT2D eigenvalue weighted by Gasteiger charge is -2.08. The molecule has 0 aliphatic rings. The number of nitrogens with one attached hydrogen (secondary N) is 1. The van der Waals surface area contributed by atoms with Crippen molar-refractivity contribution in [1.29, 1.82) is 0 Å². The van der Waals surface area contributed by atoms with E-state index < -0.39 is 10.8 Å². The molecule has 0 radical (unpaired) electrons. The van der Waals surface area contributed by atoms with Crippen LogP contribution in [-0.2, 0) is 0 Å². The fourth-order valence-corrected chi connectivity index (χ4v) is 3.12. The monoisotopic (exact) mass is 374 g/mol. The highest BCUT2D eigenvalue weighted by atomic mass is 16.6. The third-order valence-electron chi connectivity index (χ3n) is 4.50. The van der Waals surface area contributed by atoms with Gasteiger partial charge in [0.1, 0.15) is 16.7 Å². The minimum atomic E-state index is -0.619. The van der Waals surface area contributed by atoms with Gasteiger partial charge < -0.3 is 9.73 Å². The minimum Gasteiger partial charge on any atom is -0.455 e. The number of nitro groups is 1. The third kappa shape index (κ3) is 2.88. The zero-order valence-corrected chi connectivity index (χ0v) is 14.8. The Bertz CT molecular complexity index is 1320. The molecule has 0 aliphatic heterocycles. The molecule has 3 aromatic carbocycles. The van der Waals surface area contributed by atoms with E-state index >= 15 is 0 Å². The lowest BCUT2D eigenvalue weighted by Crippen LogP contribution is -2.14. The number of carbonyl (C=O) groups is 1. The molecule has 0 spiro atoms. The molecule has 4 aromatic rings. The van der Waals surface area contributed by atoms with Crippen LogP contribution in [0.2, 0.25) is 0 Å². The lowest BCUT2D eigenvalue weighted by atomic mass is 10.1. The highest BCUT2D eigenvalue weighted by Gasteiger charge is 2.19. The Morgan fingerprint density at radius 1 is 1.04 bits per heavy atom. The van der Waals surface area contributed by atoms with Crippen LogP contribution < -0.4 is 10.7 Å². The third-order valence-corrected chi connectivity index (χ3v) is 4.50. The summed E-state index contributed by atoms with van der Waals surface area (Å²) in [7, 11) is 0. The van der Waals surface area contributed by atoms with Gasteiger partial charge in [-0.2, -0.15) is 0 Å². The summed E-state index contributed by atoms with van der Waals surface area (Å²) in [5.74, 6) is -0.619. The van der Waals surface area contributed by atoms with E-state index in [9.17, 15) is 19.7 Å². The summed E-state index contributed by atoms with van der Waals surface area (Å²) in [6.45, 7) is 1.84. The number of nitrogens with zero attached hydrogens (tertiary/aromatic N) is 1. The Morgan fingerprint density at radius 2 is 1.82 bits per heavy atom. The summed E-state index contributed by atoms with van der Waals surface area (Å²) in [6, 6.07) is 15.7. The number of carbonyl (C=O) groups excluding carboxylic acids is 1. The molecule has 0 atom stereocenters. The van der Waals surface area contributed by atoms with Gasteiger partial charge in [-0.3, -0.25) is 19.7 Å². The van der Waals surface area contributed by atoms with E-state index in [-0.39, 0.29) is 16.7 Å². The Morgan fingerprint density at radius 3 is 2.61 bits per heavy atom. The van der Waals surface area contributed by atoms with E-state index in [1.807, 2.05) is 13.0 Å². The van der Waals surface area contributed by atoms with Crippen LogP contribution in [0.25, 0.3) is 21.9 Å². The van der Waals surface area contributed by atoms with Crippen LogP contribution in [0.15, 0.2) is 69.9 Å². The topological polar surface area (TPSA) is 102 Å². The number of benzene rings is 3. The van der Waals surface area contributed by atoms with Crippen LogP contribution in [-0.4, -0.2) is 10.8 Å². The number of rotatable bonds is 3. The van der Waals surface area contributed by atoms with Gasteiger partial charge in [0.2, 0.25) is 5.43 Å². The average Bonchev–Trinajstić information content (AvgIpc) is 2.69. The number of fused-ring (bicyclic) bond motifs is 2. The molecule has 7 nitrogen and oxygen atoms in total. The van der Waals surface area contributed by atoms with Gasteiger partial charge in [0.05, 0.1) is 15.7 Å². The molecule has 0 saturated carbocycles. The molecule has 138 valence electrons. The van der Waals surface area contributed by atoms with Gasteiger partial charge in [-0.25, -0.2) is 0 Å². The molecule has 0 unspecified atom stereocenters. The van der Waals surface area contributed by atoms with E-state index in [1.165, 1.54) is 24.3 Å². The molecule has 0 fully saturated rings. The van der Waals surface area contributed by atoms with Gasteiger partial charge >= 0.3 is 0 Å². The number of aryl methyl sites for hydroxylation is 1. The Kier molecular flexibility index (Phi) is 4.12. The molecule has 1 amide bonds. The second-order valence-corrected chi connectivity index (χ2v) is 6.32. The number of amides is 1. The summed E-state index contributed by atoms with van der Waals surface area (Å²) in [6.07, 6.45) is 0. The number of para-hydroxylation sites is 2. The molecule has 1 heterocycles. The standard InChI is InChI=1S/C21H14N2O5/c1-12-5-4-7-16-19(24)15-10-9-13(11-18(15)28-20(12)16)22-21(25)14-6-2-3-8-17(14)23(26)27/h2-11H,1H3,(H,22,25). The zero-order chi connectivity index (χ0) is 19.8. The van der Waals surface area contributed by atoms with Crippen molar-refractivity contribution >= 4 is 39.2 Å². The summed E-state index contributed by atoms with van der Waals surface area (Å²) >= 11 is 0. The second-order valence-electron chi connectivity index (χ2n) is 6.32. The van der Waals surface area contributed by atoms with Gasteiger partial charge in [-0.05, 0) is 36.8 Å². The van der Waals surface area contributed by atoms with E-state index in [0.717, 1.165) is 5.56 Å². The maximum atomic E-state index is 12.7. The van der Waals surface area contributed by atoms with Crippen molar-refractivity contribution in [2.75, 3.05) is 5.32 Å². The van der Waals surface area contributed by atoms with E-state index in [4.69, 9.17) is 4.42 Å². The van der Waals surface area contributed by atoms with Crippen LogP contribution in [0.4, 0.5) is 11.4 Å². The van der Waals surface area contributed by atoms with Gasteiger partial charge in [0.25, 0.3) is 11.6 Å². The summed E-state index contributed by atoms with van der Waals surface area (Å²) < 4.78 is 5.89. The Labute approximate surface area is 158 Å². The van der Waals surface area contributed by atoms with Crippen molar-refractivity contribution < 1.29 is 14.1 Å². The Balaban J connectivity index is 1.77. The quantitative estimate of drug-likeness (QED) is 0.325. The van der Waals surface area contributed by atoms with Crippen molar-refractivity contribution in [2.45, 2.75) is 6.92 Å². The van der Waals surface area contributed by atoms with Crippen molar-refractivity contribution in [1.82, 2.24) is 0 Å². The van der Waals surface area contributed by atoms with Gasteiger partial charge in [0.15, 0.2) is 0 Å². The fourth-order valence-electron chi connectivity index (χ4n) is 3.12. The van der Waals surface area contributed by atoms with Crippen molar-refractivity contribution in [3.8, 4) is 0 Å². The number of hydrogen-bond donors (Lipinski definition) is 1. The Hall–Kier alpha value is -4.00. The second kappa shape index (κ2) is 6.62. The first kappa shape index (κ1) is 17.4. The minimum absolute atomic E-state index is 0.0524. The summed E-state index contributed by atoms with van der Waals surface area (Å²) in [5.41, 5.74) is 1.51. The van der Waals surface area contributed by atoms with E-state index in [1.54, 1.807) is 30.3 Å². The van der Waals surface area contributed by atoms with E-state index in [2.05, 4.69) is 5.32 Å². The fraction of sp³-hybridized carbons (Fsp3) is 0.0476. The first-order valence-corrected chi connectivity index (χ1v) is 8.46. The molecule has 0 bridgehead atoms. The van der Waals surface area contributed by atoms with Crippen molar-refractivity contribution in [2.24, 2.45) is 0 Å². The van der Waals surface area contributed by atoms with Crippen molar-refractivity contribution in [3.63, 3.8) is 0 Å². The first-order valence-electron chi connectivity index (χ1n) is 8.46. The predicted molar refractivity (Wildman–Crippen MR) is 106 cm³/mol. The zero-order valence-electron chi connectivity index (χ0n) is 14.8. The number of anilines is 1. The SMILES string of the molecule is Cc1cccc2c(=O)c3ccc(NC(=O)c4ccccc4[N+](=O)[O-])cc3oc12. The molecular weight excluding hydrogens is 360 g/mol. The van der Waals surface area contributed by atoms with Crippen molar-refractivity contribution in [3.05, 3.63) is 92.1 Å². The first-order chi connectivity index (χ1) is 13.5. The molecular formula is C21H14N2O5. The molecule has 1 aromatic heterocycles. The predicted octanol–water partition coefficient (Wildman–Crippen LogP) is 4.42. The maximum Gasteiger partial charge on any atom is 0.282 e. The van der Waals surface area contributed by atoms with Gasteiger partial charge in [0, 0.05) is 17.8 Å².